The van der Waals surface area contributed by atoms with E-state index in [-0.39, 0.29) is 5.91 Å². The SMILES string of the molecule is O=C(NCCCCCc1nc2ccccc2n1Cc1ccccc1Cl)c1ccc(Cl)cc1. The molecule has 3 aromatic carbocycles. The first-order valence-electron chi connectivity index (χ1n) is 10.8. The molecule has 164 valence electrons. The summed E-state index contributed by atoms with van der Waals surface area (Å²) in [4.78, 5) is 17.0. The summed E-state index contributed by atoms with van der Waals surface area (Å²) in [6.07, 6.45) is 3.81. The fourth-order valence-electron chi connectivity index (χ4n) is 3.78. The Labute approximate surface area is 198 Å². The summed E-state index contributed by atoms with van der Waals surface area (Å²) >= 11 is 12.3. The zero-order valence-corrected chi connectivity index (χ0v) is 19.2. The number of imidazole rings is 1. The predicted molar refractivity (Wildman–Crippen MR) is 132 cm³/mol. The molecule has 32 heavy (non-hydrogen) atoms. The van der Waals surface area contributed by atoms with Gasteiger partial charge < -0.3 is 9.88 Å². The van der Waals surface area contributed by atoms with E-state index in [0.717, 1.165) is 53.1 Å². The van der Waals surface area contributed by atoms with Crippen LogP contribution >= 0.6 is 23.2 Å². The van der Waals surface area contributed by atoms with Crippen LogP contribution in [0.5, 0.6) is 0 Å². The summed E-state index contributed by atoms with van der Waals surface area (Å²) in [5.74, 6) is 1.000. The molecule has 0 fully saturated rings. The van der Waals surface area contributed by atoms with Crippen LogP contribution in [0.3, 0.4) is 0 Å². The molecule has 6 heteroatoms. The van der Waals surface area contributed by atoms with E-state index in [1.165, 1.54) is 0 Å². The number of unbranched alkanes of at least 4 members (excludes halogenated alkanes) is 2. The minimum atomic E-state index is -0.0665. The molecule has 0 bridgehead atoms. The largest absolute Gasteiger partial charge is 0.352 e. The van der Waals surface area contributed by atoms with Crippen LogP contribution < -0.4 is 5.32 Å². The van der Waals surface area contributed by atoms with Crippen molar-refractivity contribution in [2.75, 3.05) is 6.54 Å². The molecule has 1 N–H and O–H groups in total. The van der Waals surface area contributed by atoms with Crippen molar-refractivity contribution < 1.29 is 4.79 Å². The fraction of sp³-hybridized carbons (Fsp3) is 0.231. The van der Waals surface area contributed by atoms with Crippen molar-refractivity contribution in [3.8, 4) is 0 Å². The van der Waals surface area contributed by atoms with Crippen molar-refractivity contribution in [3.05, 3.63) is 99.8 Å². The van der Waals surface area contributed by atoms with Crippen molar-refractivity contribution in [2.45, 2.75) is 32.2 Å². The number of fused-ring (bicyclic) bond motifs is 1. The number of carbonyl (C=O) groups is 1. The van der Waals surface area contributed by atoms with Gasteiger partial charge in [-0.1, -0.05) is 60.0 Å². The van der Waals surface area contributed by atoms with Crippen LogP contribution in [0, 0.1) is 0 Å². The number of rotatable bonds is 9. The van der Waals surface area contributed by atoms with Gasteiger partial charge in [0.15, 0.2) is 0 Å². The predicted octanol–water partition coefficient (Wildman–Crippen LogP) is 6.53. The van der Waals surface area contributed by atoms with Gasteiger partial charge in [-0.25, -0.2) is 4.98 Å². The lowest BCUT2D eigenvalue weighted by atomic mass is 10.1. The van der Waals surface area contributed by atoms with Crippen molar-refractivity contribution in [2.24, 2.45) is 0 Å². The van der Waals surface area contributed by atoms with Gasteiger partial charge in [0.1, 0.15) is 5.82 Å². The Morgan fingerprint density at radius 1 is 0.875 bits per heavy atom. The third-order valence-corrected chi connectivity index (χ3v) is 6.11. The van der Waals surface area contributed by atoms with Crippen LogP contribution in [0.4, 0.5) is 0 Å². The molecule has 4 aromatic rings. The molecule has 0 spiro atoms. The number of hydrogen-bond acceptors (Lipinski definition) is 2. The van der Waals surface area contributed by atoms with Crippen molar-refractivity contribution in [1.29, 1.82) is 0 Å². The maximum absolute atomic E-state index is 12.2. The Morgan fingerprint density at radius 3 is 2.44 bits per heavy atom. The highest BCUT2D eigenvalue weighted by molar-refractivity contribution is 6.31. The van der Waals surface area contributed by atoms with Crippen LogP contribution in [0.25, 0.3) is 11.0 Å². The van der Waals surface area contributed by atoms with Gasteiger partial charge >= 0.3 is 0 Å². The molecule has 4 nitrogen and oxygen atoms in total. The van der Waals surface area contributed by atoms with Crippen LogP contribution in [0.15, 0.2) is 72.8 Å². The number of amides is 1. The highest BCUT2D eigenvalue weighted by atomic mass is 35.5. The van der Waals surface area contributed by atoms with Gasteiger partial charge in [-0.05, 0) is 60.9 Å². The van der Waals surface area contributed by atoms with Crippen LogP contribution in [0.2, 0.25) is 10.0 Å². The second kappa shape index (κ2) is 10.7. The third kappa shape index (κ3) is 5.50. The van der Waals surface area contributed by atoms with E-state index >= 15 is 0 Å². The maximum atomic E-state index is 12.2. The molecule has 0 saturated carbocycles. The number of carbonyl (C=O) groups excluding carboxylic acids is 1. The van der Waals surface area contributed by atoms with Gasteiger partial charge in [-0.3, -0.25) is 4.79 Å². The summed E-state index contributed by atoms with van der Waals surface area (Å²) in [7, 11) is 0. The molecule has 0 radical (unpaired) electrons. The van der Waals surface area contributed by atoms with Crippen LogP contribution in [-0.4, -0.2) is 22.0 Å². The van der Waals surface area contributed by atoms with Gasteiger partial charge in [-0.15, -0.1) is 0 Å². The number of nitrogens with zero attached hydrogens (tertiary/aromatic N) is 2. The van der Waals surface area contributed by atoms with Crippen molar-refractivity contribution in [1.82, 2.24) is 14.9 Å². The molecule has 0 aliphatic carbocycles. The molecule has 1 heterocycles. The van der Waals surface area contributed by atoms with E-state index in [9.17, 15) is 4.79 Å². The summed E-state index contributed by atoms with van der Waals surface area (Å²) in [5.41, 5.74) is 3.84. The summed E-state index contributed by atoms with van der Waals surface area (Å²) in [6, 6.07) is 23.1. The van der Waals surface area contributed by atoms with Gasteiger partial charge in [0, 0.05) is 28.6 Å². The molecule has 0 atom stereocenters. The molecule has 0 aliphatic heterocycles. The Hall–Kier alpha value is -2.82. The second-order valence-corrected chi connectivity index (χ2v) is 8.61. The van der Waals surface area contributed by atoms with E-state index in [4.69, 9.17) is 28.2 Å². The first-order chi connectivity index (χ1) is 15.6. The monoisotopic (exact) mass is 465 g/mol. The minimum Gasteiger partial charge on any atom is -0.352 e. The zero-order valence-electron chi connectivity index (χ0n) is 17.7. The molecule has 1 aromatic heterocycles. The van der Waals surface area contributed by atoms with Crippen LogP contribution in [-0.2, 0) is 13.0 Å². The molecule has 4 rings (SSSR count). The standard InChI is InChI=1S/C26H25Cl2N3O/c27-21-15-13-19(14-16-21)26(32)29-17-7-1-2-12-25-30-23-10-5-6-11-24(23)31(25)18-20-8-3-4-9-22(20)28/h3-6,8-11,13-16H,1-2,7,12,17-18H2,(H,29,32). The maximum Gasteiger partial charge on any atom is 0.251 e. The molecule has 0 saturated heterocycles. The van der Waals surface area contributed by atoms with E-state index in [1.54, 1.807) is 24.3 Å². The Morgan fingerprint density at radius 2 is 1.62 bits per heavy atom. The molecular formula is C26H25Cl2N3O. The summed E-state index contributed by atoms with van der Waals surface area (Å²) < 4.78 is 2.26. The lowest BCUT2D eigenvalue weighted by molar-refractivity contribution is 0.0953. The lowest BCUT2D eigenvalue weighted by Gasteiger charge is -2.11. The first kappa shape index (κ1) is 22.4. The van der Waals surface area contributed by atoms with Gasteiger partial charge in [0.2, 0.25) is 0 Å². The quantitative estimate of drug-likeness (QED) is 0.285. The van der Waals surface area contributed by atoms with E-state index in [0.29, 0.717) is 23.7 Å². The molecule has 0 unspecified atom stereocenters. The smallest absolute Gasteiger partial charge is 0.251 e. The number of nitrogens with one attached hydrogen (secondary N) is 1. The Kier molecular flexibility index (Phi) is 7.46. The third-order valence-electron chi connectivity index (χ3n) is 5.49. The molecule has 1 amide bonds. The summed E-state index contributed by atoms with van der Waals surface area (Å²) in [6.45, 7) is 1.35. The second-order valence-electron chi connectivity index (χ2n) is 7.77. The fourth-order valence-corrected chi connectivity index (χ4v) is 4.10. The van der Waals surface area contributed by atoms with Crippen molar-refractivity contribution >= 4 is 40.1 Å². The molecule has 0 aliphatic rings. The van der Waals surface area contributed by atoms with Crippen LogP contribution in [0.1, 0.15) is 41.0 Å². The lowest BCUT2D eigenvalue weighted by Crippen LogP contribution is -2.24. The first-order valence-corrected chi connectivity index (χ1v) is 11.6. The topological polar surface area (TPSA) is 46.9 Å². The zero-order chi connectivity index (χ0) is 22.3. The minimum absolute atomic E-state index is 0.0665. The number of benzene rings is 3. The highest BCUT2D eigenvalue weighted by Crippen LogP contribution is 2.22. The average molecular weight is 466 g/mol. The number of aromatic nitrogens is 2. The van der Waals surface area contributed by atoms with Gasteiger partial charge in [0.25, 0.3) is 5.91 Å². The number of hydrogen-bond donors (Lipinski definition) is 1. The molecular weight excluding hydrogens is 441 g/mol. The average Bonchev–Trinajstić information content (AvgIpc) is 3.15. The highest BCUT2D eigenvalue weighted by Gasteiger charge is 2.12. The van der Waals surface area contributed by atoms with Gasteiger partial charge in [-0.2, -0.15) is 0 Å². The summed E-state index contributed by atoms with van der Waals surface area (Å²) in [5, 5.41) is 4.37. The number of para-hydroxylation sites is 2. The van der Waals surface area contributed by atoms with Gasteiger partial charge in [0.05, 0.1) is 17.6 Å². The van der Waals surface area contributed by atoms with Crippen molar-refractivity contribution in [3.63, 3.8) is 0 Å². The Balaban J connectivity index is 1.33. The van der Waals surface area contributed by atoms with E-state index < -0.39 is 0 Å². The number of halogens is 2. The number of aryl methyl sites for hydroxylation is 1. The Bertz CT molecular complexity index is 1200. The normalized spacial score (nSPS) is 11.1. The van der Waals surface area contributed by atoms with E-state index in [2.05, 4.69) is 22.0 Å². The van der Waals surface area contributed by atoms with E-state index in [1.807, 2.05) is 36.4 Å².